The fourth-order valence-electron chi connectivity index (χ4n) is 4.40. The van der Waals surface area contributed by atoms with Crippen LogP contribution in [-0.2, 0) is 29.0 Å². The van der Waals surface area contributed by atoms with Crippen LogP contribution in [0.25, 0.3) is 0 Å². The Morgan fingerprint density at radius 1 is 1.03 bits per heavy atom. The van der Waals surface area contributed by atoms with Gasteiger partial charge >= 0.3 is 5.97 Å². The summed E-state index contributed by atoms with van der Waals surface area (Å²) in [7, 11) is 1.32. The zero-order valence-electron chi connectivity index (χ0n) is 19.1. The molecule has 0 bridgehead atoms. The molecule has 0 saturated carbocycles. The predicted molar refractivity (Wildman–Crippen MR) is 124 cm³/mol. The first-order valence-corrected chi connectivity index (χ1v) is 11.1. The smallest absolute Gasteiger partial charge is 0.337 e. The van der Waals surface area contributed by atoms with Crippen molar-refractivity contribution in [1.29, 1.82) is 0 Å². The zero-order chi connectivity index (χ0) is 24.2. The Morgan fingerprint density at radius 2 is 1.74 bits per heavy atom. The summed E-state index contributed by atoms with van der Waals surface area (Å²) in [5.74, 6) is -2.42. The monoisotopic (exact) mass is 464 g/mol. The number of amides is 1. The molecule has 176 valence electrons. The van der Waals surface area contributed by atoms with Gasteiger partial charge in [-0.15, -0.1) is 0 Å². The second kappa shape index (κ2) is 10.1. The third-order valence-electron chi connectivity index (χ3n) is 6.36. The average molecular weight is 465 g/mol. The highest BCUT2D eigenvalue weighted by molar-refractivity contribution is 5.89. The molecule has 3 aromatic carbocycles. The summed E-state index contributed by atoms with van der Waals surface area (Å²) in [5.41, 5.74) is 3.60. The molecule has 0 fully saturated rings. The van der Waals surface area contributed by atoms with Gasteiger partial charge in [-0.05, 0) is 48.2 Å². The first-order valence-electron chi connectivity index (χ1n) is 11.1. The molecule has 1 amide bonds. The van der Waals surface area contributed by atoms with Gasteiger partial charge in [-0.25, -0.2) is 13.6 Å². The zero-order valence-corrected chi connectivity index (χ0v) is 19.1. The lowest BCUT2D eigenvalue weighted by Gasteiger charge is -2.40. The standard InChI is InChI=1S/C27H26F2N2O3/c1-17(22-8-5-9-23(28)25(22)29)31-16-21-7-4-3-6-20(21)14-24(31)26(32)30-15-18-10-12-19(13-11-18)27(33)34-2/h3-13,17,24H,14-16H2,1-2H3,(H,30,32)/t17-,24+/m1/s1. The van der Waals surface area contributed by atoms with Crippen molar-refractivity contribution in [3.8, 4) is 0 Å². The van der Waals surface area contributed by atoms with Crippen LogP contribution in [0.4, 0.5) is 8.78 Å². The van der Waals surface area contributed by atoms with Gasteiger partial charge in [0, 0.05) is 24.7 Å². The van der Waals surface area contributed by atoms with Crippen molar-refractivity contribution in [2.45, 2.75) is 38.5 Å². The van der Waals surface area contributed by atoms with Crippen molar-refractivity contribution in [3.63, 3.8) is 0 Å². The minimum atomic E-state index is -0.904. The van der Waals surface area contributed by atoms with Gasteiger partial charge in [0.15, 0.2) is 11.6 Å². The number of hydrogen-bond acceptors (Lipinski definition) is 4. The number of esters is 1. The first kappa shape index (κ1) is 23.6. The fourth-order valence-corrected chi connectivity index (χ4v) is 4.40. The van der Waals surface area contributed by atoms with E-state index in [1.54, 1.807) is 37.3 Å². The Kier molecular flexibility index (Phi) is 7.03. The molecule has 1 aliphatic rings. The number of methoxy groups -OCH3 is 1. The quantitative estimate of drug-likeness (QED) is 0.544. The molecule has 34 heavy (non-hydrogen) atoms. The van der Waals surface area contributed by atoms with E-state index in [1.165, 1.54) is 13.2 Å². The number of fused-ring (bicyclic) bond motifs is 1. The molecule has 0 radical (unpaired) electrons. The number of nitrogens with zero attached hydrogens (tertiary/aromatic N) is 1. The van der Waals surface area contributed by atoms with Gasteiger partial charge in [-0.3, -0.25) is 9.69 Å². The largest absolute Gasteiger partial charge is 0.465 e. The lowest BCUT2D eigenvalue weighted by atomic mass is 9.90. The Balaban J connectivity index is 1.55. The van der Waals surface area contributed by atoms with Gasteiger partial charge in [-0.2, -0.15) is 0 Å². The van der Waals surface area contributed by atoms with Crippen molar-refractivity contribution in [2.24, 2.45) is 0 Å². The number of nitrogens with one attached hydrogen (secondary N) is 1. The van der Waals surface area contributed by atoms with Gasteiger partial charge in [0.1, 0.15) is 0 Å². The van der Waals surface area contributed by atoms with E-state index in [1.807, 2.05) is 29.2 Å². The molecule has 2 atom stereocenters. The molecule has 4 rings (SSSR count). The number of rotatable bonds is 6. The Morgan fingerprint density at radius 3 is 2.44 bits per heavy atom. The normalized spacial score (nSPS) is 16.4. The summed E-state index contributed by atoms with van der Waals surface area (Å²) in [6, 6.07) is 17.7. The van der Waals surface area contributed by atoms with Crippen molar-refractivity contribution < 1.29 is 23.1 Å². The van der Waals surface area contributed by atoms with Crippen LogP contribution < -0.4 is 5.32 Å². The summed E-state index contributed by atoms with van der Waals surface area (Å²) in [6.45, 7) is 2.51. The summed E-state index contributed by atoms with van der Waals surface area (Å²) < 4.78 is 33.2. The van der Waals surface area contributed by atoms with Crippen molar-refractivity contribution in [2.75, 3.05) is 7.11 Å². The van der Waals surface area contributed by atoms with Crippen LogP contribution in [0.5, 0.6) is 0 Å². The van der Waals surface area contributed by atoms with Crippen LogP contribution in [0.15, 0.2) is 66.7 Å². The van der Waals surface area contributed by atoms with Gasteiger partial charge in [0.25, 0.3) is 0 Å². The molecule has 7 heteroatoms. The van der Waals surface area contributed by atoms with Gasteiger partial charge in [0.2, 0.25) is 5.91 Å². The van der Waals surface area contributed by atoms with Crippen LogP contribution in [-0.4, -0.2) is 29.9 Å². The van der Waals surface area contributed by atoms with E-state index >= 15 is 0 Å². The van der Waals surface area contributed by atoms with Crippen LogP contribution in [0.3, 0.4) is 0 Å². The lowest BCUT2D eigenvalue weighted by Crippen LogP contribution is -2.51. The van der Waals surface area contributed by atoms with Crippen LogP contribution in [0.2, 0.25) is 0 Å². The SMILES string of the molecule is COC(=O)c1ccc(CNC(=O)[C@@H]2Cc3ccccc3CN2[C@H](C)c2cccc(F)c2F)cc1. The maximum atomic E-state index is 14.6. The first-order chi connectivity index (χ1) is 16.4. The summed E-state index contributed by atoms with van der Waals surface area (Å²) >= 11 is 0. The third-order valence-corrected chi connectivity index (χ3v) is 6.36. The Hall–Kier alpha value is -3.58. The lowest BCUT2D eigenvalue weighted by molar-refractivity contribution is -0.128. The predicted octanol–water partition coefficient (Wildman–Crippen LogP) is 4.56. The van der Waals surface area contributed by atoms with Gasteiger partial charge < -0.3 is 10.1 Å². The maximum absolute atomic E-state index is 14.6. The average Bonchev–Trinajstić information content (AvgIpc) is 2.87. The van der Waals surface area contributed by atoms with Gasteiger partial charge in [0.05, 0.1) is 18.7 Å². The number of carbonyl (C=O) groups is 2. The van der Waals surface area contributed by atoms with Crippen LogP contribution >= 0.6 is 0 Å². The molecular weight excluding hydrogens is 438 g/mol. The number of carbonyl (C=O) groups excluding carboxylic acids is 2. The van der Waals surface area contributed by atoms with Crippen molar-refractivity contribution >= 4 is 11.9 Å². The van der Waals surface area contributed by atoms with Crippen molar-refractivity contribution in [1.82, 2.24) is 10.2 Å². The molecule has 1 heterocycles. The van der Waals surface area contributed by atoms with E-state index < -0.39 is 29.7 Å². The summed E-state index contributed by atoms with van der Waals surface area (Å²) in [5, 5.41) is 2.96. The van der Waals surface area contributed by atoms with Crippen molar-refractivity contribution in [3.05, 3.63) is 106 Å². The molecule has 3 aromatic rings. The van der Waals surface area contributed by atoms with E-state index in [0.717, 1.165) is 22.8 Å². The van der Waals surface area contributed by atoms with Gasteiger partial charge in [-0.1, -0.05) is 48.5 Å². The highest BCUT2D eigenvalue weighted by Crippen LogP contribution is 2.33. The van der Waals surface area contributed by atoms with E-state index in [-0.39, 0.29) is 18.0 Å². The van der Waals surface area contributed by atoms with Crippen LogP contribution in [0, 0.1) is 11.6 Å². The van der Waals surface area contributed by atoms with E-state index in [9.17, 15) is 18.4 Å². The van der Waals surface area contributed by atoms with E-state index in [4.69, 9.17) is 4.74 Å². The molecule has 1 aliphatic heterocycles. The summed E-state index contributed by atoms with van der Waals surface area (Å²) in [4.78, 5) is 26.8. The molecular formula is C27H26F2N2O3. The van der Waals surface area contributed by atoms with Crippen LogP contribution in [0.1, 0.15) is 45.6 Å². The highest BCUT2D eigenvalue weighted by Gasteiger charge is 2.35. The second-order valence-electron chi connectivity index (χ2n) is 8.39. The second-order valence-corrected chi connectivity index (χ2v) is 8.39. The number of benzene rings is 3. The molecule has 5 nitrogen and oxygen atoms in total. The highest BCUT2D eigenvalue weighted by atomic mass is 19.2. The number of ether oxygens (including phenoxy) is 1. The fraction of sp³-hybridized carbons (Fsp3) is 0.259. The molecule has 0 aromatic heterocycles. The van der Waals surface area contributed by atoms with E-state index in [2.05, 4.69) is 5.32 Å². The molecule has 0 saturated heterocycles. The maximum Gasteiger partial charge on any atom is 0.337 e. The molecule has 1 N–H and O–H groups in total. The molecule has 0 unspecified atom stereocenters. The van der Waals surface area contributed by atoms with E-state index in [0.29, 0.717) is 18.5 Å². The minimum absolute atomic E-state index is 0.199. The topological polar surface area (TPSA) is 58.6 Å². The Bertz CT molecular complexity index is 1200. The molecule has 0 spiro atoms. The Labute approximate surface area is 197 Å². The molecule has 0 aliphatic carbocycles. The third kappa shape index (κ3) is 4.84. The number of hydrogen-bond donors (Lipinski definition) is 1. The minimum Gasteiger partial charge on any atom is -0.465 e. The number of halogens is 2. The summed E-state index contributed by atoms with van der Waals surface area (Å²) in [6.07, 6.45) is 0.463.